The van der Waals surface area contributed by atoms with Crippen LogP contribution in [0.15, 0.2) is 36.5 Å². The average molecular weight is 390 g/mol. The maximum atomic E-state index is 13.1. The molecule has 3 heterocycles. The number of aromatic nitrogens is 2. The first-order valence-electron chi connectivity index (χ1n) is 10.1. The molecule has 0 atom stereocenters. The number of likely N-dealkylation sites (tertiary alicyclic amines) is 1. The first-order chi connectivity index (χ1) is 14.0. The number of amides is 2. The van der Waals surface area contributed by atoms with Gasteiger partial charge in [0.2, 0.25) is 5.82 Å². The highest BCUT2D eigenvalue weighted by Gasteiger charge is 2.26. The molecule has 0 spiro atoms. The molecule has 3 aromatic rings. The van der Waals surface area contributed by atoms with Gasteiger partial charge in [-0.05, 0) is 63.3 Å². The number of anilines is 1. The number of hydrogen-bond acceptors (Lipinski definition) is 3. The van der Waals surface area contributed by atoms with Crippen molar-refractivity contribution in [2.24, 2.45) is 0 Å². The highest BCUT2D eigenvalue weighted by molar-refractivity contribution is 6.06. The predicted molar refractivity (Wildman–Crippen MR) is 114 cm³/mol. The Hall–Kier alpha value is -3.15. The van der Waals surface area contributed by atoms with Crippen molar-refractivity contribution in [3.05, 3.63) is 64.7 Å². The minimum absolute atomic E-state index is 0.102. The number of nitrogens with zero attached hydrogens (tertiary/aromatic N) is 3. The molecular formula is C23H26N4O2. The molecule has 1 N–H and O–H groups in total. The van der Waals surface area contributed by atoms with Gasteiger partial charge in [-0.25, -0.2) is 4.98 Å². The molecule has 1 aliphatic heterocycles. The first-order valence-corrected chi connectivity index (χ1v) is 10.1. The molecule has 2 aromatic heterocycles. The summed E-state index contributed by atoms with van der Waals surface area (Å²) in [4.78, 5) is 32.5. The van der Waals surface area contributed by atoms with Gasteiger partial charge in [0.1, 0.15) is 0 Å². The zero-order chi connectivity index (χ0) is 20.5. The van der Waals surface area contributed by atoms with Crippen LogP contribution in [0.2, 0.25) is 0 Å². The largest absolute Gasteiger partial charge is 0.337 e. The third-order valence-electron chi connectivity index (χ3n) is 5.51. The molecule has 150 valence electrons. The lowest BCUT2D eigenvalue weighted by Gasteiger charge is -2.25. The second kappa shape index (κ2) is 7.70. The number of aryl methyl sites for hydroxylation is 3. The van der Waals surface area contributed by atoms with Gasteiger partial charge in [-0.1, -0.05) is 23.8 Å². The lowest BCUT2D eigenvalue weighted by Crippen LogP contribution is -2.36. The van der Waals surface area contributed by atoms with E-state index in [0.29, 0.717) is 11.2 Å². The summed E-state index contributed by atoms with van der Waals surface area (Å²) in [6, 6.07) is 9.61. The van der Waals surface area contributed by atoms with E-state index in [-0.39, 0.29) is 17.6 Å². The predicted octanol–water partition coefficient (Wildman–Crippen LogP) is 4.14. The quantitative estimate of drug-likeness (QED) is 0.731. The van der Waals surface area contributed by atoms with E-state index < -0.39 is 0 Å². The Morgan fingerprint density at radius 2 is 1.69 bits per heavy atom. The van der Waals surface area contributed by atoms with Gasteiger partial charge >= 0.3 is 0 Å². The normalized spacial score (nSPS) is 14.2. The Balaban J connectivity index is 1.71. The van der Waals surface area contributed by atoms with Crippen LogP contribution in [0.1, 0.15) is 57.1 Å². The Morgan fingerprint density at radius 1 is 1.00 bits per heavy atom. The minimum Gasteiger partial charge on any atom is -0.337 e. The number of carbonyl (C=O) groups excluding carboxylic acids is 2. The van der Waals surface area contributed by atoms with Crippen molar-refractivity contribution >= 4 is 23.0 Å². The van der Waals surface area contributed by atoms with Gasteiger partial charge in [0.05, 0.1) is 5.52 Å². The maximum absolute atomic E-state index is 13.1. The third-order valence-corrected chi connectivity index (χ3v) is 5.51. The third kappa shape index (κ3) is 3.62. The van der Waals surface area contributed by atoms with Crippen molar-refractivity contribution < 1.29 is 9.59 Å². The summed E-state index contributed by atoms with van der Waals surface area (Å²) in [5, 5.41) is 3.00. The van der Waals surface area contributed by atoms with Crippen LogP contribution < -0.4 is 5.32 Å². The number of carbonyl (C=O) groups is 2. The monoisotopic (exact) mass is 390 g/mol. The van der Waals surface area contributed by atoms with Crippen LogP contribution >= 0.6 is 0 Å². The fraction of sp³-hybridized carbons (Fsp3) is 0.348. The second-order valence-electron chi connectivity index (χ2n) is 7.82. The standard InChI is InChI=1S/C23H26N4O2/c1-15-13-16(2)19(17(3)14-15)25-22(28)21-24-20(18-9-5-8-12-27(18)21)23(29)26-10-6-4-7-11-26/h5,8-9,12-14H,4,6-7,10-11H2,1-3H3,(H,25,28). The molecule has 0 unspecified atom stereocenters. The van der Waals surface area contributed by atoms with Crippen molar-refractivity contribution in [1.82, 2.24) is 14.3 Å². The zero-order valence-corrected chi connectivity index (χ0v) is 17.2. The molecule has 29 heavy (non-hydrogen) atoms. The maximum Gasteiger partial charge on any atom is 0.292 e. The molecule has 4 rings (SSSR count). The van der Waals surface area contributed by atoms with Crippen LogP contribution in [0.4, 0.5) is 5.69 Å². The van der Waals surface area contributed by atoms with Crippen molar-refractivity contribution in [2.75, 3.05) is 18.4 Å². The molecule has 1 fully saturated rings. The minimum atomic E-state index is -0.320. The highest BCUT2D eigenvalue weighted by atomic mass is 16.2. The van der Waals surface area contributed by atoms with Gasteiger partial charge in [0.25, 0.3) is 11.8 Å². The molecule has 1 aromatic carbocycles. The molecule has 6 heteroatoms. The van der Waals surface area contributed by atoms with Gasteiger partial charge in [0, 0.05) is 25.0 Å². The topological polar surface area (TPSA) is 66.7 Å². The summed E-state index contributed by atoms with van der Waals surface area (Å²) in [5.41, 5.74) is 4.94. The van der Waals surface area contributed by atoms with Crippen LogP contribution in [0, 0.1) is 20.8 Å². The van der Waals surface area contributed by atoms with Gasteiger partial charge in [0.15, 0.2) is 5.69 Å². The molecule has 0 radical (unpaired) electrons. The van der Waals surface area contributed by atoms with Crippen molar-refractivity contribution in [3.63, 3.8) is 0 Å². The average Bonchev–Trinajstić information content (AvgIpc) is 3.10. The SMILES string of the molecule is Cc1cc(C)c(NC(=O)c2nc(C(=O)N3CCCCC3)c3ccccn23)c(C)c1. The number of fused-ring (bicyclic) bond motifs is 1. The van der Waals surface area contributed by atoms with E-state index in [1.807, 2.05) is 56.0 Å². The van der Waals surface area contributed by atoms with Crippen molar-refractivity contribution in [1.29, 1.82) is 0 Å². The molecule has 0 bridgehead atoms. The Bertz CT molecular complexity index is 1070. The number of hydrogen-bond donors (Lipinski definition) is 1. The molecule has 0 saturated carbocycles. The molecule has 1 aliphatic rings. The summed E-state index contributed by atoms with van der Waals surface area (Å²) in [7, 11) is 0. The lowest BCUT2D eigenvalue weighted by molar-refractivity contribution is 0.0721. The summed E-state index contributed by atoms with van der Waals surface area (Å²) in [5.74, 6) is -0.200. The van der Waals surface area contributed by atoms with E-state index in [4.69, 9.17) is 0 Å². The van der Waals surface area contributed by atoms with E-state index >= 15 is 0 Å². The molecule has 1 saturated heterocycles. The van der Waals surface area contributed by atoms with Crippen LogP contribution in [0.25, 0.3) is 5.52 Å². The number of rotatable bonds is 3. The number of piperidine rings is 1. The Labute approximate surface area is 170 Å². The van der Waals surface area contributed by atoms with Crippen molar-refractivity contribution in [2.45, 2.75) is 40.0 Å². The Kier molecular flexibility index (Phi) is 5.09. The van der Waals surface area contributed by atoms with Gasteiger partial charge < -0.3 is 10.2 Å². The molecule has 0 aliphatic carbocycles. The van der Waals surface area contributed by atoms with E-state index in [1.54, 1.807) is 10.6 Å². The summed E-state index contributed by atoms with van der Waals surface area (Å²) in [6.07, 6.45) is 4.95. The van der Waals surface area contributed by atoms with Gasteiger partial charge in [-0.3, -0.25) is 14.0 Å². The number of imidazole rings is 1. The molecule has 6 nitrogen and oxygen atoms in total. The highest BCUT2D eigenvalue weighted by Crippen LogP contribution is 2.24. The second-order valence-corrected chi connectivity index (χ2v) is 7.82. The van der Waals surface area contributed by atoms with E-state index in [9.17, 15) is 9.59 Å². The number of nitrogens with one attached hydrogen (secondary N) is 1. The fourth-order valence-corrected chi connectivity index (χ4v) is 4.15. The van der Waals surface area contributed by atoms with Crippen molar-refractivity contribution in [3.8, 4) is 0 Å². The first kappa shape index (κ1) is 19.2. The summed E-state index contributed by atoms with van der Waals surface area (Å²) < 4.78 is 1.70. The lowest BCUT2D eigenvalue weighted by atomic mass is 10.1. The smallest absolute Gasteiger partial charge is 0.292 e. The summed E-state index contributed by atoms with van der Waals surface area (Å²) in [6.45, 7) is 7.48. The van der Waals surface area contributed by atoms with E-state index in [1.165, 1.54) is 0 Å². The molecular weight excluding hydrogens is 364 g/mol. The molecule has 2 amide bonds. The van der Waals surface area contributed by atoms with E-state index in [0.717, 1.165) is 54.7 Å². The van der Waals surface area contributed by atoms with Gasteiger partial charge in [-0.15, -0.1) is 0 Å². The number of pyridine rings is 1. The Morgan fingerprint density at radius 3 is 2.38 bits per heavy atom. The van der Waals surface area contributed by atoms with Crippen LogP contribution in [0.5, 0.6) is 0 Å². The summed E-state index contributed by atoms with van der Waals surface area (Å²) >= 11 is 0. The van der Waals surface area contributed by atoms with E-state index in [2.05, 4.69) is 10.3 Å². The fourth-order valence-electron chi connectivity index (χ4n) is 4.15. The van der Waals surface area contributed by atoms with Gasteiger partial charge in [-0.2, -0.15) is 0 Å². The van der Waals surface area contributed by atoms with Crippen LogP contribution in [-0.2, 0) is 0 Å². The van der Waals surface area contributed by atoms with Crippen LogP contribution in [-0.4, -0.2) is 39.2 Å². The van der Waals surface area contributed by atoms with Crippen LogP contribution in [0.3, 0.4) is 0 Å². The number of benzene rings is 1. The zero-order valence-electron chi connectivity index (χ0n) is 17.2.